The summed E-state index contributed by atoms with van der Waals surface area (Å²) < 4.78 is 2.27. The van der Waals surface area contributed by atoms with Crippen LogP contribution in [0.1, 0.15) is 36.8 Å². The fraction of sp³-hybridized carbons (Fsp3) is 0.154. The average Bonchev–Trinajstić information content (AvgIpc) is 3.18. The Hall–Kier alpha value is -3.46. The van der Waals surface area contributed by atoms with Gasteiger partial charge in [0.1, 0.15) is 5.82 Å². The van der Waals surface area contributed by atoms with Gasteiger partial charge in [0.25, 0.3) is 0 Å². The SMILES string of the molecule is C1=CCC(c2nnc(/C3=C/C=C\C/C=C\C3)n2-c2cccc3ccccc23)C=C1. The van der Waals surface area contributed by atoms with Gasteiger partial charge in [0.15, 0.2) is 5.82 Å². The van der Waals surface area contributed by atoms with Crippen LogP contribution in [-0.2, 0) is 0 Å². The highest BCUT2D eigenvalue weighted by Gasteiger charge is 2.23. The lowest BCUT2D eigenvalue weighted by Gasteiger charge is -2.18. The van der Waals surface area contributed by atoms with Gasteiger partial charge >= 0.3 is 0 Å². The van der Waals surface area contributed by atoms with E-state index in [-0.39, 0.29) is 5.92 Å². The van der Waals surface area contributed by atoms with Crippen molar-refractivity contribution in [3.05, 3.63) is 109 Å². The average molecular weight is 377 g/mol. The van der Waals surface area contributed by atoms with E-state index in [0.29, 0.717) is 0 Å². The molecule has 0 saturated heterocycles. The summed E-state index contributed by atoms with van der Waals surface area (Å²) in [6.07, 6.45) is 22.3. The number of rotatable bonds is 3. The van der Waals surface area contributed by atoms with Gasteiger partial charge in [-0.3, -0.25) is 4.57 Å². The van der Waals surface area contributed by atoms with E-state index in [0.717, 1.165) is 36.6 Å². The molecular weight excluding hydrogens is 354 g/mol. The topological polar surface area (TPSA) is 30.7 Å². The van der Waals surface area contributed by atoms with Crippen molar-refractivity contribution in [2.24, 2.45) is 0 Å². The second kappa shape index (κ2) is 7.88. The standard InChI is InChI=1S/C26H23N3/c1-2-5-13-21(14-6-3-1)25-27-28-26(22-15-7-4-8-16-22)29(25)24-19-11-17-20-12-9-10-18-23(20)24/h2-13,15,17-19,22H,1,14,16H2/b5-2-,6-3-,21-13+. The van der Waals surface area contributed by atoms with Crippen LogP contribution in [0.3, 0.4) is 0 Å². The molecule has 3 nitrogen and oxygen atoms in total. The summed E-state index contributed by atoms with van der Waals surface area (Å²) in [6, 6.07) is 15.0. The number of fused-ring (bicyclic) bond motifs is 1. The minimum Gasteiger partial charge on any atom is -0.278 e. The summed E-state index contributed by atoms with van der Waals surface area (Å²) in [5, 5.41) is 11.8. The van der Waals surface area contributed by atoms with Crippen molar-refractivity contribution in [3.63, 3.8) is 0 Å². The van der Waals surface area contributed by atoms with Crippen molar-refractivity contribution in [3.8, 4) is 5.69 Å². The molecule has 29 heavy (non-hydrogen) atoms. The van der Waals surface area contributed by atoms with Crippen molar-refractivity contribution in [2.75, 3.05) is 0 Å². The van der Waals surface area contributed by atoms with E-state index in [1.807, 2.05) is 0 Å². The first-order valence-electron chi connectivity index (χ1n) is 10.2. The quantitative estimate of drug-likeness (QED) is 0.501. The van der Waals surface area contributed by atoms with Gasteiger partial charge in [-0.15, -0.1) is 10.2 Å². The molecule has 0 N–H and O–H groups in total. The Labute approximate surface area is 171 Å². The minimum atomic E-state index is 0.223. The monoisotopic (exact) mass is 377 g/mol. The summed E-state index contributed by atoms with van der Waals surface area (Å²) in [7, 11) is 0. The van der Waals surface area contributed by atoms with Crippen LogP contribution in [0.2, 0.25) is 0 Å². The third kappa shape index (κ3) is 3.40. The van der Waals surface area contributed by atoms with Crippen LogP contribution in [0, 0.1) is 0 Å². The molecule has 2 aliphatic rings. The smallest absolute Gasteiger partial charge is 0.164 e. The van der Waals surface area contributed by atoms with Crippen LogP contribution in [-0.4, -0.2) is 14.8 Å². The fourth-order valence-corrected chi connectivity index (χ4v) is 4.04. The molecule has 0 fully saturated rings. The fourth-order valence-electron chi connectivity index (χ4n) is 4.04. The largest absolute Gasteiger partial charge is 0.278 e. The summed E-state index contributed by atoms with van der Waals surface area (Å²) in [4.78, 5) is 0. The number of hydrogen-bond donors (Lipinski definition) is 0. The Kier molecular flexibility index (Phi) is 4.79. The van der Waals surface area contributed by atoms with Gasteiger partial charge in [-0.05, 0) is 30.7 Å². The first-order chi connectivity index (χ1) is 14.4. The van der Waals surface area contributed by atoms with Crippen molar-refractivity contribution < 1.29 is 0 Å². The van der Waals surface area contributed by atoms with Gasteiger partial charge in [-0.1, -0.05) is 91.1 Å². The molecule has 0 bridgehead atoms. The zero-order chi connectivity index (χ0) is 19.5. The van der Waals surface area contributed by atoms with E-state index < -0.39 is 0 Å². The molecule has 0 spiro atoms. The summed E-state index contributed by atoms with van der Waals surface area (Å²) in [5.41, 5.74) is 2.32. The number of allylic oxidation sites excluding steroid dienone is 10. The van der Waals surface area contributed by atoms with Gasteiger partial charge in [-0.25, -0.2) is 0 Å². The summed E-state index contributed by atoms with van der Waals surface area (Å²) >= 11 is 0. The van der Waals surface area contributed by atoms with Crippen molar-refractivity contribution in [2.45, 2.75) is 25.2 Å². The van der Waals surface area contributed by atoms with Crippen LogP contribution < -0.4 is 0 Å². The van der Waals surface area contributed by atoms with Crippen LogP contribution >= 0.6 is 0 Å². The maximum Gasteiger partial charge on any atom is 0.164 e. The Balaban J connectivity index is 1.75. The molecule has 1 atom stereocenters. The second-order valence-corrected chi connectivity index (χ2v) is 7.40. The first-order valence-corrected chi connectivity index (χ1v) is 10.2. The summed E-state index contributed by atoms with van der Waals surface area (Å²) in [5.74, 6) is 2.14. The van der Waals surface area contributed by atoms with Gasteiger partial charge in [0.2, 0.25) is 0 Å². The molecule has 5 rings (SSSR count). The normalized spacial score (nSPS) is 22.6. The Morgan fingerprint density at radius 3 is 2.69 bits per heavy atom. The van der Waals surface area contributed by atoms with E-state index >= 15 is 0 Å². The van der Waals surface area contributed by atoms with Crippen LogP contribution in [0.15, 0.2) is 97.1 Å². The Morgan fingerprint density at radius 1 is 0.828 bits per heavy atom. The Bertz CT molecular complexity index is 1180. The van der Waals surface area contributed by atoms with Crippen molar-refractivity contribution in [1.29, 1.82) is 0 Å². The maximum atomic E-state index is 4.69. The molecule has 2 aromatic carbocycles. The number of hydrogen-bond acceptors (Lipinski definition) is 2. The zero-order valence-corrected chi connectivity index (χ0v) is 16.3. The number of aromatic nitrogens is 3. The van der Waals surface area contributed by atoms with E-state index in [9.17, 15) is 0 Å². The molecule has 1 heterocycles. The molecule has 0 amide bonds. The lowest BCUT2D eigenvalue weighted by Crippen LogP contribution is -2.10. The summed E-state index contributed by atoms with van der Waals surface area (Å²) in [6.45, 7) is 0. The van der Waals surface area contributed by atoms with Gasteiger partial charge in [-0.2, -0.15) is 0 Å². The predicted octanol–water partition coefficient (Wildman–Crippen LogP) is 6.31. The highest BCUT2D eigenvalue weighted by molar-refractivity contribution is 5.90. The number of benzene rings is 2. The van der Waals surface area contributed by atoms with Crippen LogP contribution in [0.25, 0.3) is 22.0 Å². The highest BCUT2D eigenvalue weighted by atomic mass is 15.3. The molecule has 1 aromatic heterocycles. The molecule has 3 heteroatoms. The second-order valence-electron chi connectivity index (χ2n) is 7.40. The third-order valence-corrected chi connectivity index (χ3v) is 5.51. The van der Waals surface area contributed by atoms with Gasteiger partial charge < -0.3 is 0 Å². The van der Waals surface area contributed by atoms with Gasteiger partial charge in [0, 0.05) is 16.9 Å². The van der Waals surface area contributed by atoms with E-state index in [2.05, 4.69) is 107 Å². The predicted molar refractivity (Wildman–Crippen MR) is 120 cm³/mol. The van der Waals surface area contributed by atoms with Crippen molar-refractivity contribution in [1.82, 2.24) is 14.8 Å². The molecule has 142 valence electrons. The zero-order valence-electron chi connectivity index (χ0n) is 16.3. The molecule has 2 aliphatic carbocycles. The molecule has 0 saturated carbocycles. The third-order valence-electron chi connectivity index (χ3n) is 5.51. The molecule has 1 unspecified atom stereocenters. The van der Waals surface area contributed by atoms with Gasteiger partial charge in [0.05, 0.1) is 5.69 Å². The van der Waals surface area contributed by atoms with Crippen molar-refractivity contribution >= 4 is 16.3 Å². The minimum absolute atomic E-state index is 0.223. The Morgan fingerprint density at radius 2 is 1.76 bits per heavy atom. The first kappa shape index (κ1) is 17.6. The van der Waals surface area contributed by atoms with E-state index in [4.69, 9.17) is 5.10 Å². The molecule has 0 radical (unpaired) electrons. The van der Waals surface area contributed by atoms with E-state index in [1.165, 1.54) is 16.3 Å². The highest BCUT2D eigenvalue weighted by Crippen LogP contribution is 2.33. The van der Waals surface area contributed by atoms with E-state index in [1.54, 1.807) is 0 Å². The molecular formula is C26H23N3. The lowest BCUT2D eigenvalue weighted by atomic mass is 9.99. The molecule has 3 aromatic rings. The molecule has 0 aliphatic heterocycles. The lowest BCUT2D eigenvalue weighted by molar-refractivity contribution is 0.745. The maximum absolute atomic E-state index is 4.69. The van der Waals surface area contributed by atoms with Crippen LogP contribution in [0.5, 0.6) is 0 Å². The van der Waals surface area contributed by atoms with Crippen LogP contribution in [0.4, 0.5) is 0 Å². The number of nitrogens with zero attached hydrogens (tertiary/aromatic N) is 3.